The predicted octanol–water partition coefficient (Wildman–Crippen LogP) is 3.25. The second-order valence-corrected chi connectivity index (χ2v) is 6.42. The Balaban J connectivity index is 1.90. The number of carbonyl (C=O) groups is 1. The standard InChI is InChI=1S/C17H24N2O2/c1-12(14-7-4-5-11-18-14)19-15-8-3-2-6-13(15)9-10-16(19)17(20)21/h4-5,7,11-13,15-16H,2-3,6,8-10H2,1H3,(H,20,21). The van der Waals surface area contributed by atoms with Gasteiger partial charge in [0.05, 0.1) is 11.7 Å². The second kappa shape index (κ2) is 6.14. The molecule has 0 aromatic carbocycles. The summed E-state index contributed by atoms with van der Waals surface area (Å²) in [7, 11) is 0. The maximum absolute atomic E-state index is 11.7. The Morgan fingerprint density at radius 3 is 2.81 bits per heavy atom. The molecular weight excluding hydrogens is 264 g/mol. The third-order valence-electron chi connectivity index (χ3n) is 5.27. The third-order valence-corrected chi connectivity index (χ3v) is 5.27. The van der Waals surface area contributed by atoms with Gasteiger partial charge in [0.2, 0.25) is 0 Å². The maximum atomic E-state index is 11.7. The van der Waals surface area contributed by atoms with E-state index in [4.69, 9.17) is 0 Å². The van der Waals surface area contributed by atoms with Gasteiger partial charge in [-0.15, -0.1) is 0 Å². The normalized spacial score (nSPS) is 31.4. The summed E-state index contributed by atoms with van der Waals surface area (Å²) in [4.78, 5) is 18.4. The monoisotopic (exact) mass is 288 g/mol. The highest BCUT2D eigenvalue weighted by Gasteiger charge is 2.43. The van der Waals surface area contributed by atoms with Crippen molar-refractivity contribution in [3.8, 4) is 0 Å². The van der Waals surface area contributed by atoms with Crippen LogP contribution in [0.25, 0.3) is 0 Å². The largest absolute Gasteiger partial charge is 0.480 e. The third kappa shape index (κ3) is 2.82. The fourth-order valence-corrected chi connectivity index (χ4v) is 4.25. The molecule has 4 unspecified atom stereocenters. The molecule has 114 valence electrons. The zero-order chi connectivity index (χ0) is 14.8. The van der Waals surface area contributed by atoms with Gasteiger partial charge in [-0.1, -0.05) is 18.9 Å². The lowest BCUT2D eigenvalue weighted by molar-refractivity contribution is -0.150. The highest BCUT2D eigenvalue weighted by Crippen LogP contribution is 2.41. The van der Waals surface area contributed by atoms with Crippen LogP contribution < -0.4 is 0 Å². The fraction of sp³-hybridized carbons (Fsp3) is 0.647. The molecule has 2 aliphatic rings. The number of piperidine rings is 1. The lowest BCUT2D eigenvalue weighted by Gasteiger charge is -2.49. The van der Waals surface area contributed by atoms with Gasteiger partial charge in [-0.25, -0.2) is 0 Å². The minimum Gasteiger partial charge on any atom is -0.480 e. The van der Waals surface area contributed by atoms with Crippen molar-refractivity contribution in [2.24, 2.45) is 5.92 Å². The van der Waals surface area contributed by atoms with Crippen LogP contribution in [-0.2, 0) is 4.79 Å². The van der Waals surface area contributed by atoms with Gasteiger partial charge in [-0.3, -0.25) is 14.7 Å². The highest BCUT2D eigenvalue weighted by atomic mass is 16.4. The number of rotatable bonds is 3. The minimum absolute atomic E-state index is 0.0678. The number of hydrogen-bond donors (Lipinski definition) is 1. The van der Waals surface area contributed by atoms with Crippen LogP contribution in [0.2, 0.25) is 0 Å². The van der Waals surface area contributed by atoms with E-state index in [2.05, 4.69) is 16.8 Å². The summed E-state index contributed by atoms with van der Waals surface area (Å²) in [5.41, 5.74) is 0.981. The van der Waals surface area contributed by atoms with Gasteiger partial charge in [0.15, 0.2) is 0 Å². The molecule has 1 aromatic heterocycles. The van der Waals surface area contributed by atoms with Crippen molar-refractivity contribution < 1.29 is 9.90 Å². The van der Waals surface area contributed by atoms with Crippen LogP contribution in [0.1, 0.15) is 57.2 Å². The first-order valence-corrected chi connectivity index (χ1v) is 8.09. The molecule has 21 heavy (non-hydrogen) atoms. The van der Waals surface area contributed by atoms with Crippen molar-refractivity contribution in [1.82, 2.24) is 9.88 Å². The lowest BCUT2D eigenvalue weighted by Crippen LogP contribution is -2.55. The Bertz CT molecular complexity index is 491. The average molecular weight is 288 g/mol. The Hall–Kier alpha value is -1.42. The Morgan fingerprint density at radius 1 is 1.29 bits per heavy atom. The molecule has 0 radical (unpaired) electrons. The maximum Gasteiger partial charge on any atom is 0.320 e. The first kappa shape index (κ1) is 14.5. The number of likely N-dealkylation sites (tertiary alicyclic amines) is 1. The molecule has 1 aliphatic carbocycles. The van der Waals surface area contributed by atoms with Crippen LogP contribution in [0.15, 0.2) is 24.4 Å². The summed E-state index contributed by atoms with van der Waals surface area (Å²) < 4.78 is 0. The SMILES string of the molecule is CC(c1ccccn1)N1C(C(=O)O)CCC2CCCCC21. The first-order valence-electron chi connectivity index (χ1n) is 8.09. The first-order chi connectivity index (χ1) is 10.2. The van der Waals surface area contributed by atoms with Crippen LogP contribution in [0.5, 0.6) is 0 Å². The molecule has 1 saturated heterocycles. The second-order valence-electron chi connectivity index (χ2n) is 6.42. The van der Waals surface area contributed by atoms with Crippen molar-refractivity contribution in [3.05, 3.63) is 30.1 Å². The topological polar surface area (TPSA) is 53.4 Å². The molecule has 1 aliphatic heterocycles. The minimum atomic E-state index is -0.679. The molecule has 4 heteroatoms. The van der Waals surface area contributed by atoms with Crippen LogP contribution >= 0.6 is 0 Å². The molecule has 2 fully saturated rings. The summed E-state index contributed by atoms with van der Waals surface area (Å²) in [5, 5.41) is 9.63. The van der Waals surface area contributed by atoms with Gasteiger partial charge >= 0.3 is 5.97 Å². The number of fused-ring (bicyclic) bond motifs is 1. The van der Waals surface area contributed by atoms with Crippen molar-refractivity contribution in [1.29, 1.82) is 0 Å². The summed E-state index contributed by atoms with van der Waals surface area (Å²) in [6.07, 6.45) is 8.53. The van der Waals surface area contributed by atoms with Gasteiger partial charge in [0.1, 0.15) is 6.04 Å². The van der Waals surface area contributed by atoms with E-state index in [0.717, 1.165) is 25.0 Å². The Labute approximate surface area is 126 Å². The van der Waals surface area contributed by atoms with Crippen molar-refractivity contribution >= 4 is 5.97 Å². The van der Waals surface area contributed by atoms with E-state index < -0.39 is 5.97 Å². The van der Waals surface area contributed by atoms with E-state index in [-0.39, 0.29) is 12.1 Å². The number of carboxylic acid groups (broad SMARTS) is 1. The molecule has 0 spiro atoms. The molecule has 3 rings (SSSR count). The highest BCUT2D eigenvalue weighted by molar-refractivity contribution is 5.73. The van der Waals surface area contributed by atoms with E-state index in [0.29, 0.717) is 12.0 Å². The summed E-state index contributed by atoms with van der Waals surface area (Å²) >= 11 is 0. The van der Waals surface area contributed by atoms with Gasteiger partial charge in [0.25, 0.3) is 0 Å². The van der Waals surface area contributed by atoms with E-state index in [9.17, 15) is 9.90 Å². The van der Waals surface area contributed by atoms with Gasteiger partial charge in [-0.05, 0) is 50.7 Å². The predicted molar refractivity (Wildman–Crippen MR) is 80.9 cm³/mol. The fourth-order valence-electron chi connectivity index (χ4n) is 4.25. The van der Waals surface area contributed by atoms with Crippen molar-refractivity contribution in [3.63, 3.8) is 0 Å². The molecule has 0 amide bonds. The Kier molecular flexibility index (Phi) is 4.24. The molecule has 1 saturated carbocycles. The number of aliphatic carboxylic acids is 1. The van der Waals surface area contributed by atoms with Gasteiger partial charge in [0, 0.05) is 12.2 Å². The molecule has 2 heterocycles. The van der Waals surface area contributed by atoms with Crippen LogP contribution in [0, 0.1) is 5.92 Å². The number of hydrogen-bond acceptors (Lipinski definition) is 3. The lowest BCUT2D eigenvalue weighted by atomic mass is 9.75. The number of pyridine rings is 1. The number of nitrogens with zero attached hydrogens (tertiary/aromatic N) is 2. The summed E-state index contributed by atoms with van der Waals surface area (Å²) in [6, 6.07) is 6.02. The molecular formula is C17H24N2O2. The zero-order valence-electron chi connectivity index (χ0n) is 12.6. The van der Waals surface area contributed by atoms with Crippen molar-refractivity contribution in [2.75, 3.05) is 0 Å². The van der Waals surface area contributed by atoms with Gasteiger partial charge in [-0.2, -0.15) is 0 Å². The van der Waals surface area contributed by atoms with E-state index in [1.54, 1.807) is 6.20 Å². The smallest absolute Gasteiger partial charge is 0.320 e. The molecule has 4 nitrogen and oxygen atoms in total. The van der Waals surface area contributed by atoms with Gasteiger partial charge < -0.3 is 5.11 Å². The number of aromatic nitrogens is 1. The molecule has 1 aromatic rings. The molecule has 0 bridgehead atoms. The molecule has 1 N–H and O–H groups in total. The van der Waals surface area contributed by atoms with Crippen LogP contribution in [0.4, 0.5) is 0 Å². The number of carboxylic acids is 1. The Morgan fingerprint density at radius 2 is 2.10 bits per heavy atom. The average Bonchev–Trinajstić information content (AvgIpc) is 2.53. The quantitative estimate of drug-likeness (QED) is 0.927. The van der Waals surface area contributed by atoms with Crippen LogP contribution in [0.3, 0.4) is 0 Å². The molecule has 4 atom stereocenters. The zero-order valence-corrected chi connectivity index (χ0v) is 12.6. The van der Waals surface area contributed by atoms with E-state index in [1.807, 2.05) is 18.2 Å². The summed E-state index contributed by atoms with van der Waals surface area (Å²) in [5.74, 6) is -0.0117. The summed E-state index contributed by atoms with van der Waals surface area (Å²) in [6.45, 7) is 2.11. The van der Waals surface area contributed by atoms with E-state index >= 15 is 0 Å². The van der Waals surface area contributed by atoms with Crippen molar-refractivity contribution in [2.45, 2.75) is 63.6 Å². The van der Waals surface area contributed by atoms with Crippen LogP contribution in [-0.4, -0.2) is 33.0 Å². The van der Waals surface area contributed by atoms with E-state index in [1.165, 1.54) is 19.3 Å².